The van der Waals surface area contributed by atoms with Gasteiger partial charge in [-0.2, -0.15) is 5.26 Å². The average molecular weight is 459 g/mol. The van der Waals surface area contributed by atoms with E-state index in [-0.39, 0.29) is 40.6 Å². The first-order valence-corrected chi connectivity index (χ1v) is 9.86. The molecule has 0 unspecified atom stereocenters. The van der Waals surface area contributed by atoms with Gasteiger partial charge in [-0.3, -0.25) is 9.97 Å². The van der Waals surface area contributed by atoms with Crippen molar-refractivity contribution >= 4 is 16.9 Å². The molecule has 2 N–H and O–H groups in total. The molecule has 0 bridgehead atoms. The van der Waals surface area contributed by atoms with Crippen molar-refractivity contribution in [1.29, 1.82) is 5.26 Å². The van der Waals surface area contributed by atoms with Crippen LogP contribution in [-0.2, 0) is 16.7 Å². The molecule has 2 aliphatic rings. The Labute approximate surface area is 183 Å². The lowest BCUT2D eigenvalue weighted by Crippen LogP contribution is -2.43. The summed E-state index contributed by atoms with van der Waals surface area (Å²) >= 11 is 0. The Morgan fingerprint density at radius 2 is 1.94 bits per heavy atom. The zero-order chi connectivity index (χ0) is 23.5. The van der Waals surface area contributed by atoms with Gasteiger partial charge in [0.1, 0.15) is 12.2 Å². The van der Waals surface area contributed by atoms with Gasteiger partial charge in [-0.25, -0.2) is 26.9 Å². The number of halogens is 5. The summed E-state index contributed by atoms with van der Waals surface area (Å²) in [5.41, 5.74) is 3.08. The molecule has 1 aliphatic carbocycles. The number of nitrogens with zero attached hydrogens (tertiary/aromatic N) is 4. The number of alkyl halides is 2. The van der Waals surface area contributed by atoms with Crippen LogP contribution in [0.5, 0.6) is 0 Å². The van der Waals surface area contributed by atoms with Gasteiger partial charge in [0, 0.05) is 29.5 Å². The van der Waals surface area contributed by atoms with Crippen molar-refractivity contribution in [1.82, 2.24) is 9.97 Å². The first kappa shape index (κ1) is 21.1. The topological polar surface area (TPSA) is 97.2 Å². The van der Waals surface area contributed by atoms with Crippen molar-refractivity contribution in [2.24, 2.45) is 16.6 Å². The summed E-state index contributed by atoms with van der Waals surface area (Å²) in [6, 6.07) is 4.59. The van der Waals surface area contributed by atoms with Crippen LogP contribution in [0.4, 0.5) is 22.0 Å². The molecular formula is C22H14F5N5O. The highest BCUT2D eigenvalue weighted by molar-refractivity contribution is 5.82. The number of hydrogen-bond acceptors (Lipinski definition) is 6. The molecule has 1 aliphatic heterocycles. The Kier molecular flexibility index (Phi) is 4.70. The van der Waals surface area contributed by atoms with Gasteiger partial charge in [0.05, 0.1) is 23.0 Å². The maximum absolute atomic E-state index is 14.9. The summed E-state index contributed by atoms with van der Waals surface area (Å²) in [5.74, 6) is -4.36. The maximum atomic E-state index is 14.9. The fourth-order valence-electron chi connectivity index (χ4n) is 4.36. The predicted molar refractivity (Wildman–Crippen MR) is 106 cm³/mol. The zero-order valence-corrected chi connectivity index (χ0v) is 16.7. The summed E-state index contributed by atoms with van der Waals surface area (Å²) in [7, 11) is 0. The van der Waals surface area contributed by atoms with E-state index in [1.54, 1.807) is 0 Å². The van der Waals surface area contributed by atoms with Crippen LogP contribution in [0.2, 0.25) is 0 Å². The van der Waals surface area contributed by atoms with Crippen LogP contribution in [0, 0.1) is 34.7 Å². The number of pyridine rings is 2. The number of rotatable bonds is 4. The van der Waals surface area contributed by atoms with Crippen molar-refractivity contribution in [2.45, 2.75) is 30.9 Å². The van der Waals surface area contributed by atoms with Gasteiger partial charge in [0.15, 0.2) is 23.0 Å². The Morgan fingerprint density at radius 1 is 1.15 bits per heavy atom. The van der Waals surface area contributed by atoms with Crippen molar-refractivity contribution in [3.8, 4) is 6.07 Å². The molecule has 0 saturated heterocycles. The second kappa shape index (κ2) is 7.37. The number of ether oxygens (including phenoxy) is 1. The lowest BCUT2D eigenvalue weighted by molar-refractivity contribution is 0.0172. The Bertz CT molecular complexity index is 1370. The van der Waals surface area contributed by atoms with E-state index < -0.39 is 53.0 Å². The van der Waals surface area contributed by atoms with Gasteiger partial charge in [-0.05, 0) is 30.2 Å². The number of aromatic nitrogens is 2. The summed E-state index contributed by atoms with van der Waals surface area (Å²) in [6.07, 6.45) is -1.67. The summed E-state index contributed by atoms with van der Waals surface area (Å²) in [4.78, 5) is 11.8. The van der Waals surface area contributed by atoms with Crippen LogP contribution < -0.4 is 5.73 Å². The van der Waals surface area contributed by atoms with E-state index >= 15 is 0 Å². The average Bonchev–Trinajstić information content (AvgIpc) is 3.56. The molecule has 3 atom stereocenters. The highest BCUT2D eigenvalue weighted by Crippen LogP contribution is 2.56. The standard InChI is InChI=1S/C22H14F5N5O/c23-14-3-9(4-16-19-11(15(24)8-30-16)1-10(6-28)7-31-19)2-13(18(14)25)22(20(26)27)12-5-17(12)33-21(29)32-22/h1-3,7-8,12,17,20H,4-5H2,(H2,29,32)/t12-,17+,22-/m1/s1. The lowest BCUT2D eigenvalue weighted by atomic mass is 9.83. The monoisotopic (exact) mass is 459 g/mol. The highest BCUT2D eigenvalue weighted by atomic mass is 19.3. The van der Waals surface area contributed by atoms with E-state index in [4.69, 9.17) is 15.7 Å². The third kappa shape index (κ3) is 3.25. The van der Waals surface area contributed by atoms with E-state index in [9.17, 15) is 22.0 Å². The minimum atomic E-state index is -3.17. The Morgan fingerprint density at radius 3 is 2.67 bits per heavy atom. The number of fused-ring (bicyclic) bond motifs is 2. The molecule has 11 heteroatoms. The SMILES string of the molecule is N#Cc1cnc2c(Cc3cc(F)c(F)c([C@]4(C(F)F)N=C(N)O[C@H]5C[C@H]54)c3)ncc(F)c2c1. The number of nitrogens with two attached hydrogens (primary N) is 1. The van der Waals surface area contributed by atoms with Gasteiger partial charge >= 0.3 is 0 Å². The second-order valence-corrected chi connectivity index (χ2v) is 7.98. The van der Waals surface area contributed by atoms with E-state index in [1.807, 2.05) is 6.07 Å². The quantitative estimate of drug-likeness (QED) is 0.600. The summed E-state index contributed by atoms with van der Waals surface area (Å²) < 4.78 is 77.4. The minimum Gasteiger partial charge on any atom is -0.462 e. The molecule has 0 radical (unpaired) electrons. The largest absolute Gasteiger partial charge is 0.462 e. The number of aliphatic imine (C=N–C) groups is 1. The van der Waals surface area contributed by atoms with Crippen molar-refractivity contribution in [2.75, 3.05) is 0 Å². The van der Waals surface area contributed by atoms with Crippen molar-refractivity contribution in [3.05, 3.63) is 70.4 Å². The molecule has 6 nitrogen and oxygen atoms in total. The molecular weight excluding hydrogens is 445 g/mol. The Balaban J connectivity index is 1.63. The van der Waals surface area contributed by atoms with Crippen LogP contribution in [0.25, 0.3) is 10.9 Å². The molecule has 0 spiro atoms. The van der Waals surface area contributed by atoms with Crippen LogP contribution in [0.15, 0.2) is 35.6 Å². The third-order valence-electron chi connectivity index (χ3n) is 5.97. The first-order chi connectivity index (χ1) is 15.7. The molecule has 1 aromatic carbocycles. The van der Waals surface area contributed by atoms with Crippen LogP contribution in [-0.4, -0.2) is 28.5 Å². The molecule has 0 amide bonds. The second-order valence-electron chi connectivity index (χ2n) is 7.98. The number of benzene rings is 1. The smallest absolute Gasteiger partial charge is 0.283 e. The van der Waals surface area contributed by atoms with Gasteiger partial charge < -0.3 is 10.5 Å². The normalized spacial score (nSPS) is 23.6. The number of amidine groups is 1. The van der Waals surface area contributed by atoms with Crippen molar-refractivity contribution in [3.63, 3.8) is 0 Å². The van der Waals surface area contributed by atoms with Crippen molar-refractivity contribution < 1.29 is 26.7 Å². The summed E-state index contributed by atoms with van der Waals surface area (Å²) in [6.45, 7) is 0. The van der Waals surface area contributed by atoms with E-state index in [0.29, 0.717) is 0 Å². The predicted octanol–water partition coefficient (Wildman–Crippen LogP) is 3.70. The van der Waals surface area contributed by atoms with Crippen LogP contribution in [0.1, 0.15) is 28.8 Å². The third-order valence-corrected chi connectivity index (χ3v) is 5.97. The molecule has 3 heterocycles. The molecule has 1 saturated carbocycles. The molecule has 5 rings (SSSR count). The highest BCUT2D eigenvalue weighted by Gasteiger charge is 2.64. The van der Waals surface area contributed by atoms with Gasteiger partial charge in [0.2, 0.25) is 0 Å². The van der Waals surface area contributed by atoms with Crippen LogP contribution in [0.3, 0.4) is 0 Å². The van der Waals surface area contributed by atoms with Gasteiger partial charge in [-0.1, -0.05) is 0 Å². The minimum absolute atomic E-state index is 0.0218. The molecule has 1 fully saturated rings. The molecule has 3 aromatic rings. The molecule has 33 heavy (non-hydrogen) atoms. The lowest BCUT2D eigenvalue weighted by Gasteiger charge is -2.33. The molecule has 168 valence electrons. The fourth-order valence-corrected chi connectivity index (χ4v) is 4.36. The van der Waals surface area contributed by atoms with Crippen LogP contribution >= 0.6 is 0 Å². The zero-order valence-electron chi connectivity index (χ0n) is 16.7. The molecule has 2 aromatic heterocycles. The maximum Gasteiger partial charge on any atom is 0.283 e. The summed E-state index contributed by atoms with van der Waals surface area (Å²) in [5, 5.41) is 9.04. The number of hydrogen-bond donors (Lipinski definition) is 1. The number of nitriles is 1. The van der Waals surface area contributed by atoms with Gasteiger partial charge in [0.25, 0.3) is 12.4 Å². The Hall–Kier alpha value is -3.81. The first-order valence-electron chi connectivity index (χ1n) is 9.86. The van der Waals surface area contributed by atoms with E-state index in [1.165, 1.54) is 12.3 Å². The fraction of sp³-hybridized carbons (Fsp3) is 0.273. The van der Waals surface area contributed by atoms with E-state index in [0.717, 1.165) is 18.3 Å². The van der Waals surface area contributed by atoms with Gasteiger partial charge in [-0.15, -0.1) is 0 Å². The van der Waals surface area contributed by atoms with E-state index in [2.05, 4.69) is 15.0 Å².